The van der Waals surface area contributed by atoms with Crippen molar-refractivity contribution < 1.29 is 28.7 Å². The van der Waals surface area contributed by atoms with Crippen LogP contribution >= 0.6 is 11.8 Å². The van der Waals surface area contributed by atoms with Crippen LogP contribution in [-0.4, -0.2) is 69.3 Å². The van der Waals surface area contributed by atoms with Gasteiger partial charge in [-0.3, -0.25) is 19.7 Å². The Bertz CT molecular complexity index is 1770. The Morgan fingerprint density at radius 3 is 2.39 bits per heavy atom. The van der Waals surface area contributed by atoms with E-state index in [4.69, 9.17) is 19.3 Å². The van der Waals surface area contributed by atoms with Gasteiger partial charge >= 0.3 is 0 Å². The molecule has 2 amide bonds. The van der Waals surface area contributed by atoms with Crippen LogP contribution in [0.5, 0.6) is 17.2 Å². The summed E-state index contributed by atoms with van der Waals surface area (Å²) >= 11 is 1.19. The molecule has 1 aliphatic heterocycles. The number of carbonyl (C=O) groups excluding carboxylic acids is 2. The summed E-state index contributed by atoms with van der Waals surface area (Å²) in [5, 5.41) is 28.7. The first-order valence-corrected chi connectivity index (χ1v) is 15.0. The minimum absolute atomic E-state index is 0.0172. The highest BCUT2D eigenvalue weighted by Gasteiger charge is 2.35. The van der Waals surface area contributed by atoms with Crippen molar-refractivity contribution in [2.45, 2.75) is 24.2 Å². The number of nitrogens with one attached hydrogen (secondary N) is 1. The van der Waals surface area contributed by atoms with Crippen LogP contribution in [0.25, 0.3) is 0 Å². The summed E-state index contributed by atoms with van der Waals surface area (Å²) in [6.45, 7) is 0.0627. The van der Waals surface area contributed by atoms with Gasteiger partial charge in [0.25, 0.3) is 17.5 Å². The largest absolute Gasteiger partial charge is 0.497 e. The fraction of sp³-hybridized carbons (Fsp3) is 0.258. The molecule has 0 aliphatic carbocycles. The molecule has 14 nitrogen and oxygen atoms in total. The Balaban J connectivity index is 1.30. The number of para-hydroxylation sites is 1. The molecule has 3 aromatic carbocycles. The number of thioether (sulfide) groups is 1. The maximum atomic E-state index is 13.7. The van der Waals surface area contributed by atoms with Crippen LogP contribution in [0.3, 0.4) is 0 Å². The number of nitro benzene ring substituents is 1. The predicted molar refractivity (Wildman–Crippen MR) is 169 cm³/mol. The maximum Gasteiger partial charge on any atom is 0.269 e. The first kappa shape index (κ1) is 32.0. The molecule has 1 aliphatic rings. The number of methoxy groups -OCH3 is 3. The van der Waals surface area contributed by atoms with E-state index in [-0.39, 0.29) is 29.5 Å². The molecule has 0 bridgehead atoms. The molecule has 4 aromatic rings. The minimum Gasteiger partial charge on any atom is -0.497 e. The number of hydrogen-bond acceptors (Lipinski definition) is 11. The average Bonchev–Trinajstić information content (AvgIpc) is 3.69. The van der Waals surface area contributed by atoms with Crippen molar-refractivity contribution in [3.63, 3.8) is 0 Å². The Morgan fingerprint density at radius 1 is 1.00 bits per heavy atom. The quantitative estimate of drug-likeness (QED) is 0.135. The number of ether oxygens (including phenoxy) is 3. The number of amides is 2. The summed E-state index contributed by atoms with van der Waals surface area (Å²) in [6, 6.07) is 17.9. The average molecular weight is 646 g/mol. The zero-order valence-electron chi connectivity index (χ0n) is 25.5. The van der Waals surface area contributed by atoms with E-state index >= 15 is 0 Å². The van der Waals surface area contributed by atoms with E-state index in [1.165, 1.54) is 41.0 Å². The lowest BCUT2D eigenvalue weighted by Crippen LogP contribution is -2.29. The van der Waals surface area contributed by atoms with Crippen molar-refractivity contribution in [3.8, 4) is 17.2 Å². The Labute approximate surface area is 268 Å². The zero-order valence-corrected chi connectivity index (χ0v) is 26.3. The van der Waals surface area contributed by atoms with Crippen LogP contribution in [-0.2, 0) is 18.4 Å². The van der Waals surface area contributed by atoms with E-state index in [1.807, 2.05) is 36.4 Å². The van der Waals surface area contributed by atoms with Gasteiger partial charge < -0.3 is 24.1 Å². The summed E-state index contributed by atoms with van der Waals surface area (Å²) in [7, 11) is 6.46. The highest BCUT2D eigenvalue weighted by Crippen LogP contribution is 2.42. The number of nitrogens with zero attached hydrogens (tertiary/aromatic N) is 6. The van der Waals surface area contributed by atoms with Gasteiger partial charge in [-0.2, -0.15) is 5.10 Å². The van der Waals surface area contributed by atoms with Crippen LogP contribution in [0.4, 0.5) is 5.69 Å². The zero-order chi connectivity index (χ0) is 32.8. The third-order valence-corrected chi connectivity index (χ3v) is 8.38. The van der Waals surface area contributed by atoms with Crippen LogP contribution < -0.4 is 19.5 Å². The molecule has 1 N–H and O–H groups in total. The lowest BCUT2D eigenvalue weighted by Gasteiger charge is -2.24. The van der Waals surface area contributed by atoms with Gasteiger partial charge in [0.1, 0.15) is 5.75 Å². The van der Waals surface area contributed by atoms with E-state index in [9.17, 15) is 19.7 Å². The first-order chi connectivity index (χ1) is 22.2. The Kier molecular flexibility index (Phi) is 9.81. The summed E-state index contributed by atoms with van der Waals surface area (Å²) in [5.41, 5.74) is 2.53. The molecule has 0 saturated carbocycles. The Morgan fingerprint density at radius 2 is 1.74 bits per heavy atom. The molecular formula is C31H31N7O7S. The second-order valence-corrected chi connectivity index (χ2v) is 11.0. The van der Waals surface area contributed by atoms with Crippen LogP contribution in [0.2, 0.25) is 0 Å². The lowest BCUT2D eigenvalue weighted by atomic mass is 9.97. The topological polar surface area (TPSA) is 163 Å². The van der Waals surface area contributed by atoms with E-state index < -0.39 is 16.9 Å². The van der Waals surface area contributed by atoms with Gasteiger partial charge in [-0.1, -0.05) is 23.9 Å². The van der Waals surface area contributed by atoms with E-state index in [2.05, 4.69) is 15.5 Å². The van der Waals surface area contributed by atoms with E-state index in [1.54, 1.807) is 39.0 Å². The molecule has 238 valence electrons. The second kappa shape index (κ2) is 14.1. The molecule has 0 fully saturated rings. The van der Waals surface area contributed by atoms with Gasteiger partial charge in [-0.25, -0.2) is 5.01 Å². The van der Waals surface area contributed by atoms with Crippen molar-refractivity contribution in [3.05, 3.63) is 99.4 Å². The molecule has 0 saturated heterocycles. The molecule has 15 heteroatoms. The summed E-state index contributed by atoms with van der Waals surface area (Å²) in [5.74, 6) is 1.60. The predicted octanol–water partition coefficient (Wildman–Crippen LogP) is 4.15. The third-order valence-electron chi connectivity index (χ3n) is 7.38. The SMILES string of the molecule is COc1ccc(C2=NN(C(=O)CSc3nnc(CNC(=O)c4ccc([N+](=O)[O-])cc4)n3C)[C@H](c3cccc(OC)c3OC)C2)cc1. The summed E-state index contributed by atoms with van der Waals surface area (Å²) < 4.78 is 18.2. The number of carbonyl (C=O) groups is 2. The second-order valence-electron chi connectivity index (χ2n) is 10.0. The van der Waals surface area contributed by atoms with E-state index in [0.717, 1.165) is 16.8 Å². The number of non-ortho nitro benzene ring substituents is 1. The van der Waals surface area contributed by atoms with Gasteiger partial charge in [0, 0.05) is 36.7 Å². The van der Waals surface area contributed by atoms with Crippen LogP contribution in [0.1, 0.15) is 39.8 Å². The molecule has 5 rings (SSSR count). The van der Waals surface area contributed by atoms with Gasteiger partial charge in [-0.15, -0.1) is 10.2 Å². The molecule has 1 atom stereocenters. The van der Waals surface area contributed by atoms with Crippen LogP contribution in [0.15, 0.2) is 77.0 Å². The van der Waals surface area contributed by atoms with Gasteiger partial charge in [0.15, 0.2) is 22.5 Å². The first-order valence-electron chi connectivity index (χ1n) is 14.0. The lowest BCUT2D eigenvalue weighted by molar-refractivity contribution is -0.384. The molecule has 0 radical (unpaired) electrons. The number of benzene rings is 3. The summed E-state index contributed by atoms with van der Waals surface area (Å²) in [4.78, 5) is 36.6. The molecule has 2 heterocycles. The van der Waals surface area contributed by atoms with Gasteiger partial charge in [0.2, 0.25) is 0 Å². The van der Waals surface area contributed by atoms with Crippen molar-refractivity contribution in [1.29, 1.82) is 0 Å². The molecule has 0 spiro atoms. The van der Waals surface area contributed by atoms with Crippen LogP contribution in [0, 0.1) is 10.1 Å². The fourth-order valence-corrected chi connectivity index (χ4v) is 5.71. The standard InChI is InChI=1S/C31H31N7O7S/c1-36-27(17-32-30(40)20-8-12-21(13-9-20)38(41)42)33-34-31(36)46-18-28(39)37-25(23-6-5-7-26(44-3)29(23)45-4)16-24(35-37)19-10-14-22(43-2)15-11-19/h5-15,25H,16-18H2,1-4H3,(H,32,40)/t25-/m0/s1. The van der Waals surface area contributed by atoms with Gasteiger partial charge in [0.05, 0.1) is 50.3 Å². The molecule has 1 aromatic heterocycles. The fourth-order valence-electron chi connectivity index (χ4n) is 4.93. The monoisotopic (exact) mass is 645 g/mol. The number of hydrogen-bond donors (Lipinski definition) is 1. The van der Waals surface area contributed by atoms with Crippen molar-refractivity contribution in [2.24, 2.45) is 12.1 Å². The molecule has 0 unspecified atom stereocenters. The van der Waals surface area contributed by atoms with Crippen molar-refractivity contribution >= 4 is 35.0 Å². The number of aromatic nitrogens is 3. The number of nitro groups is 1. The normalized spacial score (nSPS) is 14.0. The smallest absolute Gasteiger partial charge is 0.269 e. The van der Waals surface area contributed by atoms with E-state index in [0.29, 0.717) is 34.7 Å². The van der Waals surface area contributed by atoms with Gasteiger partial charge in [-0.05, 0) is 48.0 Å². The molecule has 46 heavy (non-hydrogen) atoms. The van der Waals surface area contributed by atoms with Crippen molar-refractivity contribution in [1.82, 2.24) is 25.1 Å². The summed E-state index contributed by atoms with van der Waals surface area (Å²) in [6.07, 6.45) is 0.453. The molecular weight excluding hydrogens is 614 g/mol. The van der Waals surface area contributed by atoms with Crippen molar-refractivity contribution in [2.75, 3.05) is 27.1 Å². The number of hydrazone groups is 1. The highest BCUT2D eigenvalue weighted by molar-refractivity contribution is 7.99. The number of rotatable bonds is 12. The minimum atomic E-state index is -0.531. The Hall–Kier alpha value is -5.44. The highest BCUT2D eigenvalue weighted by atomic mass is 32.2. The maximum absolute atomic E-state index is 13.7. The third kappa shape index (κ3) is 6.78.